The molecule has 0 atom stereocenters. The zero-order valence-electron chi connectivity index (χ0n) is 18.8. The molecule has 0 spiro atoms. The van der Waals surface area contributed by atoms with E-state index in [0.29, 0.717) is 6.04 Å². The first kappa shape index (κ1) is 21.1. The summed E-state index contributed by atoms with van der Waals surface area (Å²) in [6, 6.07) is 10.9. The summed E-state index contributed by atoms with van der Waals surface area (Å²) in [6.07, 6.45) is 6.39. The van der Waals surface area contributed by atoms with Gasteiger partial charge < -0.3 is 14.8 Å². The summed E-state index contributed by atoms with van der Waals surface area (Å²) in [6.45, 7) is 9.70. The molecule has 2 aromatic rings. The average Bonchev–Trinajstić information content (AvgIpc) is 3.06. The van der Waals surface area contributed by atoms with Crippen molar-refractivity contribution >= 4 is 11.6 Å². The van der Waals surface area contributed by atoms with E-state index in [9.17, 15) is 4.79 Å². The van der Waals surface area contributed by atoms with Crippen molar-refractivity contribution in [3.8, 4) is 0 Å². The van der Waals surface area contributed by atoms with Crippen LogP contribution in [0, 0.1) is 13.8 Å². The maximum atomic E-state index is 13.0. The van der Waals surface area contributed by atoms with Gasteiger partial charge in [0, 0.05) is 55.8 Å². The minimum absolute atomic E-state index is 0.00280. The number of benzene rings is 1. The second-order valence-corrected chi connectivity index (χ2v) is 9.18. The standard InChI is InChI=1S/C25H36N4O/c1-19-17-24(20(2)29(19)23-7-5-4-6-8-23)25(30)26-22-11-9-21(10-12-22)18-28-15-13-27(3)14-16-28/h9-12,17,23H,4-8,13-16,18H2,1-3H3,(H,26,30). The van der Waals surface area contributed by atoms with Crippen molar-refractivity contribution in [3.63, 3.8) is 0 Å². The molecular formula is C25H36N4O. The number of hydrogen-bond donors (Lipinski definition) is 1. The molecule has 0 radical (unpaired) electrons. The molecule has 1 aliphatic heterocycles. The van der Waals surface area contributed by atoms with Crippen molar-refractivity contribution in [1.29, 1.82) is 0 Å². The van der Waals surface area contributed by atoms with E-state index in [2.05, 4.69) is 58.8 Å². The van der Waals surface area contributed by atoms with Crippen LogP contribution in [0.5, 0.6) is 0 Å². The van der Waals surface area contributed by atoms with Gasteiger partial charge in [0.05, 0.1) is 5.56 Å². The van der Waals surface area contributed by atoms with Gasteiger partial charge in [-0.3, -0.25) is 9.69 Å². The Labute approximate surface area is 181 Å². The molecule has 1 saturated heterocycles. The Morgan fingerprint density at radius 1 is 1.00 bits per heavy atom. The van der Waals surface area contributed by atoms with E-state index in [1.54, 1.807) is 0 Å². The van der Waals surface area contributed by atoms with Crippen molar-refractivity contribution < 1.29 is 4.79 Å². The number of aromatic nitrogens is 1. The van der Waals surface area contributed by atoms with Gasteiger partial charge in [-0.1, -0.05) is 31.4 Å². The van der Waals surface area contributed by atoms with Crippen LogP contribution < -0.4 is 5.32 Å². The normalized spacial score (nSPS) is 19.2. The number of aryl methyl sites for hydroxylation is 1. The molecule has 2 aliphatic rings. The number of carbonyl (C=O) groups excluding carboxylic acids is 1. The number of amides is 1. The molecule has 1 aromatic carbocycles. The van der Waals surface area contributed by atoms with Crippen LogP contribution in [0.4, 0.5) is 5.69 Å². The first-order valence-electron chi connectivity index (χ1n) is 11.5. The Balaban J connectivity index is 1.39. The van der Waals surface area contributed by atoms with Crippen LogP contribution in [-0.4, -0.2) is 53.5 Å². The molecule has 2 fully saturated rings. The molecule has 1 saturated carbocycles. The number of rotatable bonds is 5. The predicted molar refractivity (Wildman–Crippen MR) is 123 cm³/mol. The van der Waals surface area contributed by atoms with Crippen molar-refractivity contribution in [2.75, 3.05) is 38.5 Å². The van der Waals surface area contributed by atoms with Crippen LogP contribution in [0.2, 0.25) is 0 Å². The summed E-state index contributed by atoms with van der Waals surface area (Å²) in [5.41, 5.74) is 5.27. The third-order valence-electron chi connectivity index (χ3n) is 6.88. The van der Waals surface area contributed by atoms with E-state index in [1.165, 1.54) is 43.4 Å². The first-order chi connectivity index (χ1) is 14.5. The van der Waals surface area contributed by atoms with Gasteiger partial charge in [0.1, 0.15) is 0 Å². The SMILES string of the molecule is Cc1cc(C(=O)Nc2ccc(CN3CCN(C)CC3)cc2)c(C)n1C1CCCCC1. The van der Waals surface area contributed by atoms with Gasteiger partial charge in [0.25, 0.3) is 5.91 Å². The average molecular weight is 409 g/mol. The van der Waals surface area contributed by atoms with Crippen LogP contribution in [0.15, 0.2) is 30.3 Å². The highest BCUT2D eigenvalue weighted by Gasteiger charge is 2.22. The lowest BCUT2D eigenvalue weighted by Gasteiger charge is -2.32. The van der Waals surface area contributed by atoms with Crippen LogP contribution in [0.25, 0.3) is 0 Å². The maximum absolute atomic E-state index is 13.0. The molecule has 2 heterocycles. The maximum Gasteiger partial charge on any atom is 0.257 e. The minimum atomic E-state index is -0.00280. The molecule has 5 nitrogen and oxygen atoms in total. The van der Waals surface area contributed by atoms with E-state index in [4.69, 9.17) is 0 Å². The first-order valence-corrected chi connectivity index (χ1v) is 11.5. The fraction of sp³-hybridized carbons (Fsp3) is 0.560. The van der Waals surface area contributed by atoms with Gasteiger partial charge in [-0.05, 0) is 57.5 Å². The molecule has 1 aliphatic carbocycles. The van der Waals surface area contributed by atoms with E-state index >= 15 is 0 Å². The van der Waals surface area contributed by atoms with Crippen molar-refractivity contribution in [2.24, 2.45) is 0 Å². The van der Waals surface area contributed by atoms with E-state index < -0.39 is 0 Å². The summed E-state index contributed by atoms with van der Waals surface area (Å²) in [5, 5.41) is 3.11. The fourth-order valence-electron chi connectivity index (χ4n) is 5.06. The molecule has 0 unspecified atom stereocenters. The van der Waals surface area contributed by atoms with E-state index in [1.807, 2.05) is 12.1 Å². The van der Waals surface area contributed by atoms with Crippen LogP contribution >= 0.6 is 0 Å². The Hall–Kier alpha value is -2.11. The number of hydrogen-bond acceptors (Lipinski definition) is 3. The largest absolute Gasteiger partial charge is 0.345 e. The Morgan fingerprint density at radius 2 is 1.67 bits per heavy atom. The van der Waals surface area contributed by atoms with Gasteiger partial charge in [-0.25, -0.2) is 0 Å². The van der Waals surface area contributed by atoms with Gasteiger partial charge in [-0.2, -0.15) is 0 Å². The zero-order chi connectivity index (χ0) is 21.1. The van der Waals surface area contributed by atoms with Crippen molar-refractivity contribution in [1.82, 2.24) is 14.4 Å². The number of likely N-dealkylation sites (N-methyl/N-ethyl adjacent to an activating group) is 1. The Morgan fingerprint density at radius 3 is 2.33 bits per heavy atom. The Bertz CT molecular complexity index is 856. The fourth-order valence-corrected chi connectivity index (χ4v) is 5.06. The third kappa shape index (κ3) is 4.79. The second-order valence-electron chi connectivity index (χ2n) is 9.18. The highest BCUT2D eigenvalue weighted by molar-refractivity contribution is 6.05. The van der Waals surface area contributed by atoms with Crippen molar-refractivity contribution in [3.05, 3.63) is 52.8 Å². The topological polar surface area (TPSA) is 40.5 Å². The monoisotopic (exact) mass is 408 g/mol. The lowest BCUT2D eigenvalue weighted by molar-refractivity contribution is 0.102. The number of nitrogens with one attached hydrogen (secondary N) is 1. The summed E-state index contributed by atoms with van der Waals surface area (Å²) < 4.78 is 2.40. The summed E-state index contributed by atoms with van der Waals surface area (Å²) >= 11 is 0. The number of nitrogens with zero attached hydrogens (tertiary/aromatic N) is 3. The molecule has 1 N–H and O–H groups in total. The summed E-state index contributed by atoms with van der Waals surface area (Å²) in [4.78, 5) is 17.8. The second kappa shape index (κ2) is 9.36. The number of anilines is 1. The van der Waals surface area contributed by atoms with Gasteiger partial charge in [0.2, 0.25) is 0 Å². The zero-order valence-corrected chi connectivity index (χ0v) is 18.8. The van der Waals surface area contributed by atoms with Gasteiger partial charge in [-0.15, -0.1) is 0 Å². The smallest absolute Gasteiger partial charge is 0.257 e. The van der Waals surface area contributed by atoms with Gasteiger partial charge >= 0.3 is 0 Å². The highest BCUT2D eigenvalue weighted by Crippen LogP contribution is 2.32. The predicted octanol–water partition coefficient (Wildman–Crippen LogP) is 4.61. The molecular weight excluding hydrogens is 372 g/mol. The van der Waals surface area contributed by atoms with Crippen LogP contribution in [-0.2, 0) is 6.54 Å². The molecule has 1 aromatic heterocycles. The highest BCUT2D eigenvalue weighted by atomic mass is 16.1. The van der Waals surface area contributed by atoms with E-state index in [-0.39, 0.29) is 5.91 Å². The van der Waals surface area contributed by atoms with Crippen LogP contribution in [0.1, 0.15) is 65.5 Å². The van der Waals surface area contributed by atoms with Crippen molar-refractivity contribution in [2.45, 2.75) is 58.5 Å². The number of carbonyl (C=O) groups is 1. The lowest BCUT2D eigenvalue weighted by Crippen LogP contribution is -2.43. The molecule has 0 bridgehead atoms. The third-order valence-corrected chi connectivity index (χ3v) is 6.88. The van der Waals surface area contributed by atoms with Crippen LogP contribution in [0.3, 0.4) is 0 Å². The molecule has 30 heavy (non-hydrogen) atoms. The lowest BCUT2D eigenvalue weighted by atomic mass is 9.95. The van der Waals surface area contributed by atoms with E-state index in [0.717, 1.165) is 49.7 Å². The summed E-state index contributed by atoms with van der Waals surface area (Å²) in [7, 11) is 2.18. The summed E-state index contributed by atoms with van der Waals surface area (Å²) in [5.74, 6) is -0.00280. The minimum Gasteiger partial charge on any atom is -0.345 e. The Kier molecular flexibility index (Phi) is 6.59. The molecule has 5 heteroatoms. The molecule has 162 valence electrons. The molecule has 1 amide bonds. The number of piperazine rings is 1. The quantitative estimate of drug-likeness (QED) is 0.785. The molecule has 4 rings (SSSR count). The van der Waals surface area contributed by atoms with Gasteiger partial charge in [0.15, 0.2) is 0 Å².